The molecule has 4 fully saturated rings. The number of carbonyl (C=O) groups excluding carboxylic acids is 2. The number of ether oxygens (including phenoxy) is 4. The molecule has 1 spiro atoms. The van der Waals surface area contributed by atoms with Gasteiger partial charge in [-0.2, -0.15) is 0 Å². The zero-order valence-electron chi connectivity index (χ0n) is 22.2. The summed E-state index contributed by atoms with van der Waals surface area (Å²) in [5, 5.41) is 5.88. The Morgan fingerprint density at radius 2 is 1.81 bits per heavy atom. The summed E-state index contributed by atoms with van der Waals surface area (Å²) < 4.78 is 40.1. The van der Waals surface area contributed by atoms with Crippen molar-refractivity contribution < 1.29 is 37.6 Å². The van der Waals surface area contributed by atoms with Crippen molar-refractivity contribution in [1.29, 1.82) is 0 Å². The molecular weight excluding hydrogens is 484 g/mol. The fourth-order valence-corrected chi connectivity index (χ4v) is 6.21. The molecular formula is C25H40BFN3O7. The molecule has 4 unspecified atom stereocenters. The van der Waals surface area contributed by atoms with Gasteiger partial charge in [0.15, 0.2) is 0 Å². The van der Waals surface area contributed by atoms with Gasteiger partial charge < -0.3 is 34.3 Å². The van der Waals surface area contributed by atoms with Crippen LogP contribution >= 0.6 is 0 Å². The molecule has 0 aromatic heterocycles. The molecule has 1 radical (unpaired) electrons. The predicted octanol–water partition coefficient (Wildman–Crippen LogP) is 2.24. The second-order valence-electron chi connectivity index (χ2n) is 11.1. The Balaban J connectivity index is 1.26. The van der Waals surface area contributed by atoms with E-state index < -0.39 is 6.09 Å². The van der Waals surface area contributed by atoms with Gasteiger partial charge in [0.05, 0.1) is 25.2 Å². The number of carbonyl (C=O) groups is 2. The summed E-state index contributed by atoms with van der Waals surface area (Å²) in [6.07, 6.45) is 6.35. The smallest absolute Gasteiger partial charge is 0.443 e. The normalized spacial score (nSPS) is 38.4. The minimum atomic E-state index is -0.447. The number of allylic oxidation sites excluding steroid dienone is 1. The van der Waals surface area contributed by atoms with Crippen LogP contribution in [0.1, 0.15) is 65.7 Å². The van der Waals surface area contributed by atoms with Gasteiger partial charge in [0.2, 0.25) is 5.91 Å². The standard InChI is InChI=1S/C25H40BFN3O7/c1-15(2)5-10-19-24(3,36-19)22-21(33-4)18(11-12-25(22)14-34-25)35-23(32)30-17-8-6-16(7-9-17)29-20(31)13-28-37-26-27/h5,16-19,21-22,28H,6-14H2,1-4H3,(H,29,31)(H,30,32)/t16?,17?,18?,19-,21?,22?,24?,25+/m1/s1. The van der Waals surface area contributed by atoms with Crippen LogP contribution in [0.3, 0.4) is 0 Å². The minimum absolute atomic E-state index is 0.00278. The maximum absolute atomic E-state index is 12.9. The monoisotopic (exact) mass is 524 g/mol. The lowest BCUT2D eigenvalue weighted by Gasteiger charge is -2.42. The number of hydrogen-bond donors (Lipinski definition) is 3. The third kappa shape index (κ3) is 6.83. The van der Waals surface area contributed by atoms with Crippen molar-refractivity contribution >= 4 is 19.8 Å². The highest BCUT2D eigenvalue weighted by molar-refractivity contribution is 6.16. The fraction of sp³-hybridized carbons (Fsp3) is 0.840. The van der Waals surface area contributed by atoms with Gasteiger partial charge >= 0.3 is 13.9 Å². The lowest BCUT2D eigenvalue weighted by Crippen LogP contribution is -2.56. The predicted molar refractivity (Wildman–Crippen MR) is 133 cm³/mol. The van der Waals surface area contributed by atoms with E-state index in [4.69, 9.17) is 18.9 Å². The number of epoxide rings is 2. The SMILES string of the molecule is COC1C(OC(=O)NC2CCC(NC(=O)CNO[B]F)CC2)CC[C@]2(CO2)C1C1(C)O[C@@H]1CC=C(C)C. The van der Waals surface area contributed by atoms with Crippen LogP contribution in [0.4, 0.5) is 9.11 Å². The van der Waals surface area contributed by atoms with E-state index >= 15 is 0 Å². The van der Waals surface area contributed by atoms with Gasteiger partial charge in [-0.05, 0) is 65.7 Å². The van der Waals surface area contributed by atoms with Crippen LogP contribution in [-0.2, 0) is 28.5 Å². The van der Waals surface area contributed by atoms with Gasteiger partial charge in [0.25, 0.3) is 0 Å². The Morgan fingerprint density at radius 1 is 1.14 bits per heavy atom. The summed E-state index contributed by atoms with van der Waals surface area (Å²) in [5.74, 6) is -0.294. The van der Waals surface area contributed by atoms with Crippen LogP contribution in [0.15, 0.2) is 11.6 Å². The van der Waals surface area contributed by atoms with E-state index in [9.17, 15) is 13.9 Å². The van der Waals surface area contributed by atoms with E-state index in [0.29, 0.717) is 13.0 Å². The third-order valence-electron chi connectivity index (χ3n) is 8.27. The summed E-state index contributed by atoms with van der Waals surface area (Å²) in [5.41, 5.74) is 2.82. The molecule has 2 amide bonds. The minimum Gasteiger partial charge on any atom is -0.443 e. The molecule has 207 valence electrons. The highest BCUT2D eigenvalue weighted by Gasteiger charge is 2.72. The molecule has 6 atom stereocenters. The number of methoxy groups -OCH3 is 1. The molecule has 2 aliphatic carbocycles. The summed E-state index contributed by atoms with van der Waals surface area (Å²) in [7, 11) is 1.64. The van der Waals surface area contributed by atoms with E-state index in [0.717, 1.165) is 38.5 Å². The zero-order valence-corrected chi connectivity index (χ0v) is 22.2. The molecule has 4 aliphatic rings. The number of alkyl carbamates (subject to hydrolysis) is 1. The van der Waals surface area contributed by atoms with Gasteiger partial charge in [-0.15, -0.1) is 0 Å². The Hall–Kier alpha value is -1.73. The average Bonchev–Trinajstić information content (AvgIpc) is 3.77. The van der Waals surface area contributed by atoms with Crippen molar-refractivity contribution in [3.05, 3.63) is 11.6 Å². The molecule has 37 heavy (non-hydrogen) atoms. The number of halogens is 1. The first kappa shape index (κ1) is 28.3. The highest BCUT2D eigenvalue weighted by atomic mass is 19.1. The Bertz CT molecular complexity index is 848. The molecule has 0 aromatic carbocycles. The van der Waals surface area contributed by atoms with Crippen LogP contribution in [0, 0.1) is 5.92 Å². The fourth-order valence-electron chi connectivity index (χ4n) is 6.21. The van der Waals surface area contributed by atoms with E-state index in [1.54, 1.807) is 7.11 Å². The van der Waals surface area contributed by atoms with E-state index in [1.165, 1.54) is 5.57 Å². The maximum Gasteiger partial charge on any atom is 0.553 e. The van der Waals surface area contributed by atoms with Gasteiger partial charge in [0, 0.05) is 19.2 Å². The molecule has 10 nitrogen and oxygen atoms in total. The second kappa shape index (κ2) is 12.0. The summed E-state index contributed by atoms with van der Waals surface area (Å²) in [6.45, 7) is 6.83. The van der Waals surface area contributed by atoms with Crippen LogP contribution in [-0.4, -0.2) is 81.6 Å². The lowest BCUT2D eigenvalue weighted by atomic mass is 9.68. The lowest BCUT2D eigenvalue weighted by molar-refractivity contribution is -0.122. The molecule has 2 saturated heterocycles. The van der Waals surface area contributed by atoms with Crippen molar-refractivity contribution in [2.75, 3.05) is 20.3 Å². The molecule has 2 saturated carbocycles. The number of rotatable bonds is 11. The molecule has 0 aromatic rings. The second-order valence-corrected chi connectivity index (χ2v) is 11.1. The van der Waals surface area contributed by atoms with Gasteiger partial charge in [-0.1, -0.05) is 11.6 Å². The first-order chi connectivity index (χ1) is 17.7. The first-order valence-electron chi connectivity index (χ1n) is 13.3. The Morgan fingerprint density at radius 3 is 2.41 bits per heavy atom. The van der Waals surface area contributed by atoms with Crippen molar-refractivity contribution in [1.82, 2.24) is 16.1 Å². The first-order valence-corrected chi connectivity index (χ1v) is 13.3. The average molecular weight is 524 g/mol. The molecule has 12 heteroatoms. The van der Waals surface area contributed by atoms with Gasteiger partial charge in [-0.25, -0.2) is 10.3 Å². The highest BCUT2D eigenvalue weighted by Crippen LogP contribution is 2.59. The van der Waals surface area contributed by atoms with E-state index in [-0.39, 0.29) is 67.7 Å². The molecule has 0 bridgehead atoms. The van der Waals surface area contributed by atoms with Gasteiger partial charge in [0.1, 0.15) is 23.4 Å². The zero-order chi connectivity index (χ0) is 26.6. The van der Waals surface area contributed by atoms with Crippen LogP contribution < -0.4 is 16.1 Å². The van der Waals surface area contributed by atoms with Crippen LogP contribution in [0.5, 0.6) is 0 Å². The summed E-state index contributed by atoms with van der Waals surface area (Å²) in [4.78, 5) is 24.7. The van der Waals surface area contributed by atoms with Crippen molar-refractivity contribution in [3.8, 4) is 0 Å². The van der Waals surface area contributed by atoms with Crippen molar-refractivity contribution in [2.24, 2.45) is 5.92 Å². The summed E-state index contributed by atoms with van der Waals surface area (Å²) >= 11 is 0. The third-order valence-corrected chi connectivity index (χ3v) is 8.27. The molecule has 3 N–H and O–H groups in total. The van der Waals surface area contributed by atoms with E-state index in [2.05, 4.69) is 47.7 Å². The largest absolute Gasteiger partial charge is 0.553 e. The number of amides is 2. The number of hydrogen-bond acceptors (Lipinski definition) is 8. The van der Waals surface area contributed by atoms with Crippen molar-refractivity contribution in [2.45, 2.75) is 107 Å². The van der Waals surface area contributed by atoms with Crippen molar-refractivity contribution in [3.63, 3.8) is 0 Å². The van der Waals surface area contributed by atoms with Gasteiger partial charge in [-0.3, -0.25) is 9.11 Å². The number of hydroxylamine groups is 1. The molecule has 4 rings (SSSR count). The van der Waals surface area contributed by atoms with E-state index in [1.807, 2.05) is 0 Å². The molecule has 2 heterocycles. The summed E-state index contributed by atoms with van der Waals surface area (Å²) in [6, 6.07) is -0.0255. The molecule has 2 aliphatic heterocycles. The topological polar surface area (TPSA) is 123 Å². The van der Waals surface area contributed by atoms with Crippen LogP contribution in [0.25, 0.3) is 0 Å². The quantitative estimate of drug-likeness (QED) is 0.124. The van der Waals surface area contributed by atoms with Crippen LogP contribution in [0.2, 0.25) is 0 Å². The number of nitrogens with one attached hydrogen (secondary N) is 3. The Kier molecular flexibility index (Phi) is 9.16. The maximum atomic E-state index is 12.9. The Labute approximate surface area is 219 Å².